The number of aliphatic imine (C=N–C) groups is 1. The summed E-state index contributed by atoms with van der Waals surface area (Å²) < 4.78 is 31.2. The molecule has 2 aromatic rings. The zero-order chi connectivity index (χ0) is 22.1. The van der Waals surface area contributed by atoms with Gasteiger partial charge < -0.3 is 24.8 Å². The van der Waals surface area contributed by atoms with Gasteiger partial charge in [0, 0.05) is 44.3 Å². The van der Waals surface area contributed by atoms with Crippen molar-refractivity contribution in [3.05, 3.63) is 36.4 Å². The van der Waals surface area contributed by atoms with Crippen LogP contribution in [0.3, 0.4) is 0 Å². The zero-order valence-electron chi connectivity index (χ0n) is 18.1. The van der Waals surface area contributed by atoms with Gasteiger partial charge in [-0.2, -0.15) is 8.78 Å². The number of nitrogens with one attached hydrogen (secondary N) is 2. The molecule has 1 aromatic carbocycles. The standard InChI is InChI=1S/C21H31F2N7O/c1-3-19-28-26-15-30(19)13-11-25-21(24-4-2)27-16-6-5-12-29(14-16)17-7-9-18(10-8-17)31-20(22)23/h7-10,15-16,20H,3-6,11-14H2,1-2H3,(H2,24,25,27). The van der Waals surface area contributed by atoms with E-state index in [4.69, 9.17) is 4.99 Å². The molecule has 1 unspecified atom stereocenters. The predicted molar refractivity (Wildman–Crippen MR) is 117 cm³/mol. The van der Waals surface area contributed by atoms with E-state index in [-0.39, 0.29) is 11.8 Å². The second-order valence-corrected chi connectivity index (χ2v) is 7.36. The topological polar surface area (TPSA) is 79.6 Å². The lowest BCUT2D eigenvalue weighted by atomic mass is 10.0. The number of ether oxygens (including phenoxy) is 1. The fraction of sp³-hybridized carbons (Fsp3) is 0.571. The number of piperidine rings is 1. The molecule has 0 bridgehead atoms. The third-order valence-electron chi connectivity index (χ3n) is 5.16. The SMILES string of the molecule is CCNC(=NCCn1cnnc1CC)NC1CCCN(c2ccc(OC(F)F)cc2)C1. The number of rotatable bonds is 9. The largest absolute Gasteiger partial charge is 0.435 e. The molecule has 1 saturated heterocycles. The van der Waals surface area contributed by atoms with Gasteiger partial charge in [0.25, 0.3) is 0 Å². The Bertz CT molecular complexity index is 825. The molecular weight excluding hydrogens is 404 g/mol. The highest BCUT2D eigenvalue weighted by molar-refractivity contribution is 5.80. The molecular formula is C21H31F2N7O. The highest BCUT2D eigenvalue weighted by atomic mass is 19.3. The molecule has 0 aliphatic carbocycles. The number of halogens is 2. The van der Waals surface area contributed by atoms with Crippen molar-refractivity contribution in [3.8, 4) is 5.75 Å². The molecule has 170 valence electrons. The number of aromatic nitrogens is 3. The first-order valence-corrected chi connectivity index (χ1v) is 10.8. The number of hydrogen-bond acceptors (Lipinski definition) is 5. The summed E-state index contributed by atoms with van der Waals surface area (Å²) in [6, 6.07) is 7.05. The van der Waals surface area contributed by atoms with Gasteiger partial charge >= 0.3 is 6.61 Å². The van der Waals surface area contributed by atoms with Gasteiger partial charge in [-0.1, -0.05) is 6.92 Å². The van der Waals surface area contributed by atoms with Gasteiger partial charge in [-0.05, 0) is 44.0 Å². The van der Waals surface area contributed by atoms with E-state index in [0.717, 1.165) is 62.9 Å². The average molecular weight is 436 g/mol. The fourth-order valence-corrected chi connectivity index (χ4v) is 3.69. The first kappa shape index (κ1) is 22.8. The van der Waals surface area contributed by atoms with Crippen LogP contribution in [0.4, 0.5) is 14.5 Å². The summed E-state index contributed by atoms with van der Waals surface area (Å²) in [4.78, 5) is 6.96. The number of aryl methyl sites for hydroxylation is 1. The first-order valence-electron chi connectivity index (χ1n) is 10.8. The van der Waals surface area contributed by atoms with E-state index >= 15 is 0 Å². The van der Waals surface area contributed by atoms with Gasteiger partial charge in [0.1, 0.15) is 17.9 Å². The Morgan fingerprint density at radius 1 is 1.29 bits per heavy atom. The lowest BCUT2D eigenvalue weighted by Crippen LogP contribution is -2.51. The first-order chi connectivity index (χ1) is 15.1. The van der Waals surface area contributed by atoms with Gasteiger partial charge in [0.05, 0.1) is 6.54 Å². The second kappa shape index (κ2) is 11.5. The van der Waals surface area contributed by atoms with Crippen LogP contribution in [-0.2, 0) is 13.0 Å². The van der Waals surface area contributed by atoms with Crippen molar-refractivity contribution in [2.24, 2.45) is 4.99 Å². The van der Waals surface area contributed by atoms with Crippen LogP contribution in [-0.4, -0.2) is 59.6 Å². The maximum absolute atomic E-state index is 12.4. The summed E-state index contributed by atoms with van der Waals surface area (Å²) in [6.45, 7) is 5.17. The lowest BCUT2D eigenvalue weighted by molar-refractivity contribution is -0.0498. The Morgan fingerprint density at radius 2 is 2.10 bits per heavy atom. The van der Waals surface area contributed by atoms with E-state index < -0.39 is 6.61 Å². The Balaban J connectivity index is 1.56. The Morgan fingerprint density at radius 3 is 2.81 bits per heavy atom. The van der Waals surface area contributed by atoms with Crippen LogP contribution in [0.25, 0.3) is 0 Å². The third-order valence-corrected chi connectivity index (χ3v) is 5.16. The number of benzene rings is 1. The monoisotopic (exact) mass is 435 g/mol. The molecule has 0 spiro atoms. The maximum atomic E-state index is 12.4. The molecule has 1 aliphatic rings. The number of hydrogen-bond donors (Lipinski definition) is 2. The minimum absolute atomic E-state index is 0.173. The van der Waals surface area contributed by atoms with Crippen LogP contribution < -0.4 is 20.3 Å². The summed E-state index contributed by atoms with van der Waals surface area (Å²) in [7, 11) is 0. The van der Waals surface area contributed by atoms with Crippen LogP contribution in [0.2, 0.25) is 0 Å². The van der Waals surface area contributed by atoms with Crippen LogP contribution in [0.15, 0.2) is 35.6 Å². The molecule has 1 fully saturated rings. The van der Waals surface area contributed by atoms with E-state index in [9.17, 15) is 8.78 Å². The minimum Gasteiger partial charge on any atom is -0.435 e. The van der Waals surface area contributed by atoms with E-state index in [2.05, 4.69) is 37.4 Å². The molecule has 10 heteroatoms. The normalized spacial score (nSPS) is 17.1. The van der Waals surface area contributed by atoms with Gasteiger partial charge in [0.2, 0.25) is 0 Å². The molecule has 8 nitrogen and oxygen atoms in total. The molecule has 31 heavy (non-hydrogen) atoms. The van der Waals surface area contributed by atoms with Gasteiger partial charge in [0.15, 0.2) is 5.96 Å². The second-order valence-electron chi connectivity index (χ2n) is 7.36. The van der Waals surface area contributed by atoms with Crippen molar-refractivity contribution in [2.45, 2.75) is 52.3 Å². The summed E-state index contributed by atoms with van der Waals surface area (Å²) in [6.07, 6.45) is 4.66. The van der Waals surface area contributed by atoms with Crippen LogP contribution in [0, 0.1) is 0 Å². The summed E-state index contributed by atoms with van der Waals surface area (Å²) >= 11 is 0. The summed E-state index contributed by atoms with van der Waals surface area (Å²) in [5.41, 5.74) is 0.995. The molecule has 3 rings (SSSR count). The van der Waals surface area contributed by atoms with Crippen molar-refractivity contribution in [2.75, 3.05) is 31.1 Å². The molecule has 1 aromatic heterocycles. The highest BCUT2D eigenvalue weighted by Crippen LogP contribution is 2.23. The Kier molecular flexibility index (Phi) is 8.43. The molecule has 1 aliphatic heterocycles. The van der Waals surface area contributed by atoms with Crippen molar-refractivity contribution < 1.29 is 13.5 Å². The number of guanidine groups is 1. The lowest BCUT2D eigenvalue weighted by Gasteiger charge is -2.35. The van der Waals surface area contributed by atoms with E-state index in [1.54, 1.807) is 18.5 Å². The molecule has 1 atom stereocenters. The van der Waals surface area contributed by atoms with Crippen molar-refractivity contribution in [1.29, 1.82) is 0 Å². The average Bonchev–Trinajstić information content (AvgIpc) is 3.22. The van der Waals surface area contributed by atoms with Crippen molar-refractivity contribution >= 4 is 11.6 Å². The van der Waals surface area contributed by atoms with Crippen molar-refractivity contribution in [1.82, 2.24) is 25.4 Å². The smallest absolute Gasteiger partial charge is 0.387 e. The zero-order valence-corrected chi connectivity index (χ0v) is 18.1. The molecule has 2 heterocycles. The van der Waals surface area contributed by atoms with Crippen LogP contribution in [0.5, 0.6) is 5.75 Å². The number of nitrogens with zero attached hydrogens (tertiary/aromatic N) is 5. The van der Waals surface area contributed by atoms with Crippen LogP contribution >= 0.6 is 0 Å². The molecule has 0 amide bonds. The quantitative estimate of drug-likeness (QED) is 0.466. The predicted octanol–water partition coefficient (Wildman–Crippen LogP) is 2.67. The molecule has 0 saturated carbocycles. The number of anilines is 1. The molecule has 2 N–H and O–H groups in total. The fourth-order valence-electron chi connectivity index (χ4n) is 3.69. The Hall–Kier alpha value is -2.91. The summed E-state index contributed by atoms with van der Waals surface area (Å²) in [5.74, 6) is 1.92. The number of alkyl halides is 2. The summed E-state index contributed by atoms with van der Waals surface area (Å²) in [5, 5.41) is 14.9. The third kappa shape index (κ3) is 6.80. The van der Waals surface area contributed by atoms with Gasteiger partial charge in [-0.25, -0.2) is 0 Å². The maximum Gasteiger partial charge on any atom is 0.387 e. The van der Waals surface area contributed by atoms with Crippen LogP contribution in [0.1, 0.15) is 32.5 Å². The van der Waals surface area contributed by atoms with Crippen molar-refractivity contribution in [3.63, 3.8) is 0 Å². The van der Waals surface area contributed by atoms with Gasteiger partial charge in [-0.3, -0.25) is 4.99 Å². The van der Waals surface area contributed by atoms with E-state index in [1.165, 1.54) is 0 Å². The van der Waals surface area contributed by atoms with Gasteiger partial charge in [-0.15, -0.1) is 10.2 Å². The minimum atomic E-state index is -2.81. The van der Waals surface area contributed by atoms with E-state index in [1.807, 2.05) is 23.6 Å². The highest BCUT2D eigenvalue weighted by Gasteiger charge is 2.21. The van der Waals surface area contributed by atoms with E-state index in [0.29, 0.717) is 6.54 Å². The molecule has 0 radical (unpaired) electrons. The Labute approximate surface area is 181 Å².